The van der Waals surface area contributed by atoms with Crippen LogP contribution in [-0.2, 0) is 16.0 Å². The second-order valence-corrected chi connectivity index (χ2v) is 10.3. The summed E-state index contributed by atoms with van der Waals surface area (Å²) in [5.74, 6) is 1.61. The number of imidazole rings is 1. The van der Waals surface area contributed by atoms with Gasteiger partial charge >= 0.3 is 0 Å². The van der Waals surface area contributed by atoms with Crippen LogP contribution in [0.3, 0.4) is 0 Å². The molecular weight excluding hydrogens is 402 g/mol. The van der Waals surface area contributed by atoms with Gasteiger partial charge in [-0.05, 0) is 75.1 Å². The fraction of sp³-hybridized carbons (Fsp3) is 0.462. The van der Waals surface area contributed by atoms with Gasteiger partial charge in [-0.3, -0.25) is 10.1 Å². The summed E-state index contributed by atoms with van der Waals surface area (Å²) in [6, 6.07) is 15.3. The van der Waals surface area contributed by atoms with E-state index < -0.39 is 11.2 Å². The number of nitrogens with one attached hydrogen (secondary N) is 1. The molecule has 3 saturated carbocycles. The maximum atomic E-state index is 13.0. The van der Waals surface area contributed by atoms with Gasteiger partial charge in [0.25, 0.3) is 0 Å². The first-order valence-electron chi connectivity index (χ1n) is 11.4. The summed E-state index contributed by atoms with van der Waals surface area (Å²) in [7, 11) is 0. The number of anilines is 1. The van der Waals surface area contributed by atoms with E-state index in [0.29, 0.717) is 23.5 Å². The average molecular weight is 434 g/mol. The third-order valence-electron chi connectivity index (χ3n) is 7.27. The van der Waals surface area contributed by atoms with Crippen LogP contribution in [0.2, 0.25) is 0 Å². The van der Waals surface area contributed by atoms with E-state index in [1.165, 1.54) is 12.8 Å². The van der Waals surface area contributed by atoms with Crippen LogP contribution < -0.4 is 5.32 Å². The third-order valence-corrected chi connectivity index (χ3v) is 7.27. The Balaban J connectivity index is 1.48. The number of aromatic nitrogens is 2. The Morgan fingerprint density at radius 1 is 1.06 bits per heavy atom. The van der Waals surface area contributed by atoms with E-state index >= 15 is 0 Å². The highest BCUT2D eigenvalue weighted by Crippen LogP contribution is 2.56. The molecule has 3 aliphatic rings. The van der Waals surface area contributed by atoms with E-state index in [4.69, 9.17) is 4.98 Å². The highest BCUT2D eigenvalue weighted by molar-refractivity contribution is 5.92. The molecule has 1 amide bonds. The van der Waals surface area contributed by atoms with E-state index in [0.717, 1.165) is 28.9 Å². The number of hydrogen-bond donors (Lipinski definition) is 3. The molecule has 3 N–H and O–H groups in total. The van der Waals surface area contributed by atoms with Crippen molar-refractivity contribution in [2.24, 2.45) is 11.8 Å². The maximum absolute atomic E-state index is 13.0. The first-order chi connectivity index (χ1) is 15.1. The van der Waals surface area contributed by atoms with Crippen molar-refractivity contribution >= 4 is 22.9 Å². The molecule has 3 aliphatic carbocycles. The lowest BCUT2D eigenvalue weighted by atomic mass is 9.84. The highest BCUT2D eigenvalue weighted by Gasteiger charge is 2.46. The summed E-state index contributed by atoms with van der Waals surface area (Å²) in [6.07, 6.45) is 3.48. The monoisotopic (exact) mass is 433 g/mol. The minimum Gasteiger partial charge on any atom is -0.386 e. The molecule has 6 heteroatoms. The molecule has 6 nitrogen and oxygen atoms in total. The summed E-state index contributed by atoms with van der Waals surface area (Å²) >= 11 is 0. The van der Waals surface area contributed by atoms with Crippen molar-refractivity contribution in [3.8, 4) is 0 Å². The van der Waals surface area contributed by atoms with E-state index in [1.807, 2.05) is 48.5 Å². The van der Waals surface area contributed by atoms with Gasteiger partial charge in [-0.15, -0.1) is 0 Å². The number of rotatable bonds is 6. The number of benzene rings is 2. The molecule has 1 unspecified atom stereocenters. The Kier molecular flexibility index (Phi) is 4.91. The molecule has 2 bridgehead atoms. The zero-order valence-electron chi connectivity index (χ0n) is 18.9. The molecule has 0 saturated heterocycles. The topological polar surface area (TPSA) is 87.4 Å². The Hall–Kier alpha value is -2.70. The van der Waals surface area contributed by atoms with Crippen molar-refractivity contribution < 1.29 is 15.0 Å². The fourth-order valence-electron chi connectivity index (χ4n) is 5.42. The number of aliphatic hydroxyl groups is 2. The molecule has 6 rings (SSSR count). The average Bonchev–Trinajstić information content (AvgIpc) is 3.37. The Morgan fingerprint density at radius 2 is 1.78 bits per heavy atom. The minimum atomic E-state index is -1.27. The van der Waals surface area contributed by atoms with Gasteiger partial charge in [-0.1, -0.05) is 36.4 Å². The van der Waals surface area contributed by atoms with Crippen LogP contribution in [-0.4, -0.2) is 25.7 Å². The molecule has 3 aromatic rings. The molecule has 1 heterocycles. The van der Waals surface area contributed by atoms with E-state index in [1.54, 1.807) is 20.8 Å². The van der Waals surface area contributed by atoms with Crippen LogP contribution in [0.4, 0.5) is 5.95 Å². The molecule has 3 fully saturated rings. The van der Waals surface area contributed by atoms with Crippen molar-refractivity contribution in [2.75, 3.05) is 5.32 Å². The summed E-state index contributed by atoms with van der Waals surface area (Å²) in [6.45, 7) is 5.21. The normalized spacial score (nSPS) is 24.2. The van der Waals surface area contributed by atoms with Gasteiger partial charge < -0.3 is 14.8 Å². The molecule has 2 atom stereocenters. The van der Waals surface area contributed by atoms with Gasteiger partial charge in [0.15, 0.2) is 0 Å². The lowest BCUT2D eigenvalue weighted by Gasteiger charge is -2.27. The number of nitrogens with zero attached hydrogens (tertiary/aromatic N) is 2. The first kappa shape index (κ1) is 21.2. The van der Waals surface area contributed by atoms with Gasteiger partial charge in [0.2, 0.25) is 11.9 Å². The van der Waals surface area contributed by atoms with Gasteiger partial charge in [-0.2, -0.15) is 0 Å². The zero-order chi connectivity index (χ0) is 22.7. The van der Waals surface area contributed by atoms with Crippen molar-refractivity contribution in [2.45, 2.75) is 63.7 Å². The summed E-state index contributed by atoms with van der Waals surface area (Å²) in [5, 5.41) is 24.4. The quantitative estimate of drug-likeness (QED) is 0.535. The number of hydrogen-bond acceptors (Lipinski definition) is 4. The van der Waals surface area contributed by atoms with Crippen LogP contribution in [0.5, 0.6) is 0 Å². The SMILES string of the molecule is CC(C)(O)c1ccc2nc(NC(=O)CC(C)(O)c3ccccc3)n([C@@H]3CC4CC3C4)c2c1. The molecule has 0 spiro atoms. The van der Waals surface area contributed by atoms with E-state index in [9.17, 15) is 15.0 Å². The molecule has 168 valence electrons. The molecular formula is C26H31N3O3. The van der Waals surface area contributed by atoms with Crippen molar-refractivity contribution in [3.05, 3.63) is 59.7 Å². The minimum absolute atomic E-state index is 0.0636. The van der Waals surface area contributed by atoms with Gasteiger partial charge in [0, 0.05) is 6.04 Å². The molecule has 2 aromatic carbocycles. The van der Waals surface area contributed by atoms with Crippen LogP contribution in [0.15, 0.2) is 48.5 Å². The van der Waals surface area contributed by atoms with Gasteiger partial charge in [0.1, 0.15) is 0 Å². The summed E-state index contributed by atoms with van der Waals surface area (Å²) in [4.78, 5) is 17.7. The summed E-state index contributed by atoms with van der Waals surface area (Å²) in [5.41, 5.74) is 1.03. The lowest BCUT2D eigenvalue weighted by Crippen LogP contribution is -2.29. The Morgan fingerprint density at radius 3 is 2.41 bits per heavy atom. The maximum Gasteiger partial charge on any atom is 0.229 e. The van der Waals surface area contributed by atoms with Crippen molar-refractivity contribution in [1.29, 1.82) is 0 Å². The summed E-state index contributed by atoms with van der Waals surface area (Å²) < 4.78 is 2.16. The smallest absolute Gasteiger partial charge is 0.229 e. The highest BCUT2D eigenvalue weighted by atomic mass is 16.3. The Labute approximate surface area is 188 Å². The number of carbonyl (C=O) groups excluding carboxylic acids is 1. The zero-order valence-corrected chi connectivity index (χ0v) is 18.9. The predicted molar refractivity (Wildman–Crippen MR) is 124 cm³/mol. The van der Waals surface area contributed by atoms with Crippen LogP contribution in [0, 0.1) is 11.8 Å². The standard InChI is InChI=1S/C26H31N3O3/c1-25(2,31)19-9-10-20-22(14-19)29(21-13-16-11-17(21)12-16)24(27-20)28-23(30)15-26(3,32)18-7-5-4-6-8-18/h4-10,14,16-17,21,31-32H,11-13,15H2,1-3H3,(H,27,28,30)/t16?,17?,21-,26?/m1/s1. The van der Waals surface area contributed by atoms with Crippen LogP contribution in [0.25, 0.3) is 11.0 Å². The Bertz CT molecular complexity index is 1150. The molecule has 1 aromatic heterocycles. The van der Waals surface area contributed by atoms with Crippen molar-refractivity contribution in [1.82, 2.24) is 9.55 Å². The molecule has 0 radical (unpaired) electrons. The fourth-order valence-corrected chi connectivity index (χ4v) is 5.42. The second kappa shape index (κ2) is 7.42. The largest absolute Gasteiger partial charge is 0.386 e. The lowest BCUT2D eigenvalue weighted by molar-refractivity contribution is -0.120. The number of fused-ring (bicyclic) bond motifs is 2. The van der Waals surface area contributed by atoms with E-state index in [-0.39, 0.29) is 12.3 Å². The molecule has 32 heavy (non-hydrogen) atoms. The molecule has 0 aliphatic heterocycles. The first-order valence-corrected chi connectivity index (χ1v) is 11.4. The number of carbonyl (C=O) groups is 1. The van der Waals surface area contributed by atoms with Crippen molar-refractivity contribution in [3.63, 3.8) is 0 Å². The third kappa shape index (κ3) is 3.71. The van der Waals surface area contributed by atoms with Gasteiger partial charge in [-0.25, -0.2) is 4.98 Å². The van der Waals surface area contributed by atoms with Gasteiger partial charge in [0.05, 0.1) is 28.7 Å². The predicted octanol–water partition coefficient (Wildman–Crippen LogP) is 4.47. The number of amides is 1. The second-order valence-electron chi connectivity index (χ2n) is 10.3. The van der Waals surface area contributed by atoms with E-state index in [2.05, 4.69) is 9.88 Å². The van der Waals surface area contributed by atoms with Crippen LogP contribution in [0.1, 0.15) is 63.6 Å². The van der Waals surface area contributed by atoms with Crippen LogP contribution >= 0.6 is 0 Å².